The third-order valence-corrected chi connectivity index (χ3v) is 3.54. The van der Waals surface area contributed by atoms with Gasteiger partial charge in [-0.15, -0.1) is 0 Å². The van der Waals surface area contributed by atoms with Gasteiger partial charge in [-0.3, -0.25) is 4.79 Å². The quantitative estimate of drug-likeness (QED) is 0.687. The summed E-state index contributed by atoms with van der Waals surface area (Å²) in [7, 11) is 0. The maximum atomic E-state index is 12.1. The highest BCUT2D eigenvalue weighted by Crippen LogP contribution is 2.29. The van der Waals surface area contributed by atoms with E-state index in [9.17, 15) is 4.79 Å². The molecule has 0 radical (unpaired) electrons. The third kappa shape index (κ3) is 3.95. The first-order valence-electron chi connectivity index (χ1n) is 6.82. The Hall–Kier alpha value is -0.610. The molecule has 0 aromatic carbocycles. The molecule has 2 atom stereocenters. The van der Waals surface area contributed by atoms with Crippen molar-refractivity contribution in [2.75, 3.05) is 13.2 Å². The van der Waals surface area contributed by atoms with Crippen LogP contribution in [0.1, 0.15) is 53.9 Å². The predicted molar refractivity (Wildman–Crippen MR) is 69.2 cm³/mol. The molecule has 0 amide bonds. The van der Waals surface area contributed by atoms with Gasteiger partial charge in [0.15, 0.2) is 5.79 Å². The second kappa shape index (κ2) is 6.02. The number of ether oxygens (including phenoxy) is 3. The van der Waals surface area contributed by atoms with Gasteiger partial charge in [-0.05, 0) is 33.6 Å². The molecule has 0 aromatic heterocycles. The molecule has 1 fully saturated rings. The van der Waals surface area contributed by atoms with Gasteiger partial charge in [0, 0.05) is 0 Å². The molecule has 1 aliphatic heterocycles. The van der Waals surface area contributed by atoms with Crippen LogP contribution < -0.4 is 0 Å². The zero-order chi connectivity index (χ0) is 13.8. The fourth-order valence-electron chi connectivity index (χ4n) is 2.16. The van der Waals surface area contributed by atoms with Gasteiger partial charge < -0.3 is 14.2 Å². The van der Waals surface area contributed by atoms with Gasteiger partial charge in [-0.1, -0.05) is 20.3 Å². The zero-order valence-electron chi connectivity index (χ0n) is 12.2. The van der Waals surface area contributed by atoms with Gasteiger partial charge in [0.1, 0.15) is 12.7 Å². The van der Waals surface area contributed by atoms with Crippen LogP contribution in [0.15, 0.2) is 0 Å². The molecule has 0 N–H and O–H groups in total. The predicted octanol–water partition coefficient (Wildman–Crippen LogP) is 2.90. The molecule has 0 spiro atoms. The normalized spacial score (nSPS) is 25.7. The molecule has 1 rings (SSSR count). The van der Waals surface area contributed by atoms with Crippen molar-refractivity contribution in [3.8, 4) is 0 Å². The van der Waals surface area contributed by atoms with Crippen molar-refractivity contribution in [2.45, 2.75) is 65.8 Å². The van der Waals surface area contributed by atoms with Gasteiger partial charge in [0.05, 0.1) is 12.0 Å². The van der Waals surface area contributed by atoms with Gasteiger partial charge in [0.25, 0.3) is 0 Å². The first kappa shape index (κ1) is 15.4. The second-order valence-corrected chi connectivity index (χ2v) is 5.71. The number of hydrogen-bond acceptors (Lipinski definition) is 4. The molecular weight excluding hydrogens is 232 g/mol. The summed E-state index contributed by atoms with van der Waals surface area (Å²) in [4.78, 5) is 12.1. The Labute approximate surface area is 110 Å². The molecule has 4 heteroatoms. The number of esters is 1. The Balaban J connectivity index is 2.41. The summed E-state index contributed by atoms with van der Waals surface area (Å²) in [5, 5.41) is 0. The minimum absolute atomic E-state index is 0.125. The van der Waals surface area contributed by atoms with Crippen LogP contribution in [0.3, 0.4) is 0 Å². The molecule has 0 bridgehead atoms. The Morgan fingerprint density at radius 2 is 2.11 bits per heavy atom. The van der Waals surface area contributed by atoms with E-state index in [-0.39, 0.29) is 24.1 Å². The topological polar surface area (TPSA) is 44.8 Å². The van der Waals surface area contributed by atoms with Crippen LogP contribution in [-0.4, -0.2) is 31.1 Å². The summed E-state index contributed by atoms with van der Waals surface area (Å²) in [6.45, 7) is 10.6. The lowest BCUT2D eigenvalue weighted by Gasteiger charge is -2.26. The van der Waals surface area contributed by atoms with Crippen molar-refractivity contribution in [1.29, 1.82) is 0 Å². The lowest BCUT2D eigenvalue weighted by molar-refractivity contribution is -0.166. The van der Waals surface area contributed by atoms with E-state index < -0.39 is 5.79 Å². The smallest absolute Gasteiger partial charge is 0.311 e. The van der Waals surface area contributed by atoms with E-state index in [1.54, 1.807) is 0 Å². The van der Waals surface area contributed by atoms with E-state index in [2.05, 4.69) is 6.92 Å². The van der Waals surface area contributed by atoms with Crippen LogP contribution in [0.25, 0.3) is 0 Å². The summed E-state index contributed by atoms with van der Waals surface area (Å²) < 4.78 is 16.4. The lowest BCUT2D eigenvalue weighted by atomic mass is 9.83. The van der Waals surface area contributed by atoms with Crippen LogP contribution >= 0.6 is 0 Å². The van der Waals surface area contributed by atoms with Crippen LogP contribution in [0.2, 0.25) is 0 Å². The highest BCUT2D eigenvalue weighted by atomic mass is 16.7. The molecular formula is C14H26O4. The average molecular weight is 258 g/mol. The molecule has 2 unspecified atom stereocenters. The lowest BCUT2D eigenvalue weighted by Crippen LogP contribution is -2.32. The van der Waals surface area contributed by atoms with Crippen molar-refractivity contribution in [3.05, 3.63) is 0 Å². The van der Waals surface area contributed by atoms with Crippen LogP contribution in [-0.2, 0) is 19.0 Å². The van der Waals surface area contributed by atoms with Crippen LogP contribution in [0.4, 0.5) is 0 Å². The second-order valence-electron chi connectivity index (χ2n) is 5.71. The van der Waals surface area contributed by atoms with Gasteiger partial charge in [0.2, 0.25) is 0 Å². The van der Waals surface area contributed by atoms with E-state index in [1.165, 1.54) is 0 Å². The van der Waals surface area contributed by atoms with Crippen molar-refractivity contribution in [1.82, 2.24) is 0 Å². The van der Waals surface area contributed by atoms with E-state index in [1.807, 2.05) is 27.7 Å². The maximum Gasteiger partial charge on any atom is 0.311 e. The minimum Gasteiger partial charge on any atom is -0.462 e. The third-order valence-electron chi connectivity index (χ3n) is 3.54. The first-order chi connectivity index (χ1) is 8.33. The summed E-state index contributed by atoms with van der Waals surface area (Å²) in [5.74, 6) is -0.686. The van der Waals surface area contributed by atoms with Crippen molar-refractivity contribution < 1.29 is 19.0 Å². The average Bonchev–Trinajstić information content (AvgIpc) is 2.66. The Morgan fingerprint density at radius 3 is 2.56 bits per heavy atom. The number of rotatable bonds is 6. The monoisotopic (exact) mass is 258 g/mol. The van der Waals surface area contributed by atoms with Gasteiger partial charge in [-0.25, -0.2) is 0 Å². The maximum absolute atomic E-state index is 12.1. The summed E-state index contributed by atoms with van der Waals surface area (Å²) in [6.07, 6.45) is 2.49. The van der Waals surface area contributed by atoms with Gasteiger partial charge >= 0.3 is 5.97 Å². The molecule has 18 heavy (non-hydrogen) atoms. The molecule has 106 valence electrons. The van der Waals surface area contributed by atoms with E-state index >= 15 is 0 Å². The van der Waals surface area contributed by atoms with E-state index in [0.29, 0.717) is 6.61 Å². The highest BCUT2D eigenvalue weighted by molar-refractivity contribution is 5.76. The van der Waals surface area contributed by atoms with E-state index in [4.69, 9.17) is 14.2 Å². The highest BCUT2D eigenvalue weighted by Gasteiger charge is 2.36. The molecule has 4 nitrogen and oxygen atoms in total. The zero-order valence-corrected chi connectivity index (χ0v) is 12.2. The number of hydrogen-bond donors (Lipinski definition) is 0. The molecule has 1 saturated heterocycles. The van der Waals surface area contributed by atoms with Crippen molar-refractivity contribution >= 4 is 5.97 Å². The molecule has 0 saturated carbocycles. The van der Waals surface area contributed by atoms with Crippen LogP contribution in [0, 0.1) is 5.41 Å². The number of carbonyl (C=O) groups is 1. The fraction of sp³-hybridized carbons (Fsp3) is 0.929. The van der Waals surface area contributed by atoms with Crippen molar-refractivity contribution in [2.24, 2.45) is 5.41 Å². The largest absolute Gasteiger partial charge is 0.462 e. The van der Waals surface area contributed by atoms with Crippen molar-refractivity contribution in [3.63, 3.8) is 0 Å². The Kier molecular flexibility index (Phi) is 5.17. The number of carbonyl (C=O) groups excluding carboxylic acids is 1. The summed E-state index contributed by atoms with van der Waals surface area (Å²) in [5.41, 5.74) is -0.371. The summed E-state index contributed by atoms with van der Waals surface area (Å²) >= 11 is 0. The van der Waals surface area contributed by atoms with E-state index in [0.717, 1.165) is 19.3 Å². The summed E-state index contributed by atoms with van der Waals surface area (Å²) in [6, 6.07) is 0. The standard InChI is InChI=1S/C14H26O4/c1-6-8-14(5,7-2)12(15)16-9-11-10-17-13(3,4)18-11/h11H,6-10H2,1-5H3. The molecule has 0 aromatic rings. The Morgan fingerprint density at radius 1 is 1.44 bits per heavy atom. The van der Waals surface area contributed by atoms with Gasteiger partial charge in [-0.2, -0.15) is 0 Å². The van der Waals surface area contributed by atoms with Crippen LogP contribution in [0.5, 0.6) is 0 Å². The fourth-order valence-corrected chi connectivity index (χ4v) is 2.16. The SMILES string of the molecule is CCCC(C)(CC)C(=O)OCC1COC(C)(C)O1. The molecule has 1 aliphatic rings. The molecule has 1 heterocycles. The Bertz CT molecular complexity index is 288. The minimum atomic E-state index is -0.561. The molecule has 0 aliphatic carbocycles. The first-order valence-corrected chi connectivity index (χ1v) is 6.82.